The van der Waals surface area contributed by atoms with Crippen molar-refractivity contribution in [3.8, 4) is 0 Å². The summed E-state index contributed by atoms with van der Waals surface area (Å²) in [5.41, 5.74) is 5.17. The Kier molecular flexibility index (Phi) is 5.90. The van der Waals surface area contributed by atoms with Gasteiger partial charge in [0.2, 0.25) is 10.0 Å². The Morgan fingerprint density at radius 2 is 1.75 bits per heavy atom. The predicted molar refractivity (Wildman–Crippen MR) is 103 cm³/mol. The number of carbonyl (C=O) groups excluding carboxylic acids is 1. The molecule has 1 heterocycles. The summed E-state index contributed by atoms with van der Waals surface area (Å²) in [5.74, 6) is -0.429. The summed E-state index contributed by atoms with van der Waals surface area (Å²) in [6.45, 7) is 0.155. The molecule has 28 heavy (non-hydrogen) atoms. The predicted octanol–water partition coefficient (Wildman–Crippen LogP) is 3.17. The average molecular weight is 428 g/mol. The van der Waals surface area contributed by atoms with Crippen LogP contribution in [-0.4, -0.2) is 37.6 Å². The molecule has 3 N–H and O–H groups in total. The third-order valence-electron chi connectivity index (χ3n) is 4.41. The summed E-state index contributed by atoms with van der Waals surface area (Å²) in [7, 11) is -3.77. The first kappa shape index (κ1) is 20.5. The number of piperidine rings is 1. The smallest absolute Gasteiger partial charge is 0.413 e. The van der Waals surface area contributed by atoms with Gasteiger partial charge < -0.3 is 4.74 Å². The van der Waals surface area contributed by atoms with E-state index in [0.29, 0.717) is 5.69 Å². The standard InChI is InChI=1S/C18H19ClFN3O4S/c19-15-3-1-2-4-16(15)28(25,26)23-11-9-18(21,10-12-23)27-17(24)22-14-7-5-13(20)6-8-14/h1-8H,9-12,21H2,(H,22,24). The van der Waals surface area contributed by atoms with Crippen LogP contribution in [0.4, 0.5) is 14.9 Å². The van der Waals surface area contributed by atoms with Gasteiger partial charge in [0.25, 0.3) is 0 Å². The van der Waals surface area contributed by atoms with Gasteiger partial charge in [-0.15, -0.1) is 0 Å². The molecule has 150 valence electrons. The molecule has 0 aliphatic carbocycles. The fourth-order valence-electron chi connectivity index (χ4n) is 2.86. The van der Waals surface area contributed by atoms with E-state index >= 15 is 0 Å². The van der Waals surface area contributed by atoms with Crippen LogP contribution in [0.2, 0.25) is 5.02 Å². The zero-order valence-electron chi connectivity index (χ0n) is 14.8. The van der Waals surface area contributed by atoms with E-state index in [4.69, 9.17) is 22.1 Å². The second-order valence-electron chi connectivity index (χ2n) is 6.42. The Morgan fingerprint density at radius 1 is 1.14 bits per heavy atom. The van der Waals surface area contributed by atoms with Crippen molar-refractivity contribution < 1.29 is 22.3 Å². The molecule has 1 aliphatic heterocycles. The molecule has 7 nitrogen and oxygen atoms in total. The molecule has 0 spiro atoms. The number of amides is 1. The van der Waals surface area contributed by atoms with Crippen molar-refractivity contribution in [3.63, 3.8) is 0 Å². The quantitative estimate of drug-likeness (QED) is 0.730. The molecule has 1 saturated heterocycles. The van der Waals surface area contributed by atoms with Crippen LogP contribution >= 0.6 is 11.6 Å². The number of benzene rings is 2. The Bertz CT molecular complexity index is 961. The van der Waals surface area contributed by atoms with Crippen LogP contribution in [0, 0.1) is 5.82 Å². The molecule has 2 aromatic carbocycles. The molecular weight excluding hydrogens is 409 g/mol. The molecule has 1 fully saturated rings. The van der Waals surface area contributed by atoms with Gasteiger partial charge in [-0.05, 0) is 36.4 Å². The van der Waals surface area contributed by atoms with Gasteiger partial charge in [-0.3, -0.25) is 11.1 Å². The number of nitrogens with two attached hydrogens (primary N) is 1. The molecule has 2 aromatic rings. The number of ether oxygens (including phenoxy) is 1. The zero-order chi connectivity index (χ0) is 20.4. The van der Waals surface area contributed by atoms with Crippen LogP contribution in [0.5, 0.6) is 0 Å². The summed E-state index contributed by atoms with van der Waals surface area (Å²) < 4.78 is 45.0. The van der Waals surface area contributed by atoms with E-state index in [-0.39, 0.29) is 35.8 Å². The first-order valence-corrected chi connectivity index (χ1v) is 10.3. The molecule has 0 atom stereocenters. The minimum Gasteiger partial charge on any atom is -0.428 e. The lowest BCUT2D eigenvalue weighted by molar-refractivity contribution is -0.0116. The van der Waals surface area contributed by atoms with Crippen LogP contribution in [0.25, 0.3) is 0 Å². The topological polar surface area (TPSA) is 102 Å². The van der Waals surface area contributed by atoms with Crippen molar-refractivity contribution in [3.05, 3.63) is 59.4 Å². The van der Waals surface area contributed by atoms with Gasteiger partial charge in [0, 0.05) is 31.6 Å². The Hall–Kier alpha value is -2.20. The molecule has 0 bridgehead atoms. The van der Waals surface area contributed by atoms with Crippen molar-refractivity contribution in [2.75, 3.05) is 18.4 Å². The summed E-state index contributed by atoms with van der Waals surface area (Å²) in [6.07, 6.45) is -0.558. The number of carbonyl (C=O) groups is 1. The highest BCUT2D eigenvalue weighted by molar-refractivity contribution is 7.89. The normalized spacial score (nSPS) is 17.1. The summed E-state index contributed by atoms with van der Waals surface area (Å²) in [4.78, 5) is 12.1. The third-order valence-corrected chi connectivity index (χ3v) is 6.81. The highest BCUT2D eigenvalue weighted by atomic mass is 35.5. The summed E-state index contributed by atoms with van der Waals surface area (Å²) in [5, 5.41) is 2.60. The monoisotopic (exact) mass is 427 g/mol. The lowest BCUT2D eigenvalue weighted by Gasteiger charge is -2.37. The Morgan fingerprint density at radius 3 is 2.36 bits per heavy atom. The highest BCUT2D eigenvalue weighted by Gasteiger charge is 2.39. The fourth-order valence-corrected chi connectivity index (χ4v) is 4.80. The van der Waals surface area contributed by atoms with Crippen molar-refractivity contribution >= 4 is 33.4 Å². The Labute approximate surface area is 167 Å². The van der Waals surface area contributed by atoms with Gasteiger partial charge in [0.1, 0.15) is 10.7 Å². The number of hydrogen-bond donors (Lipinski definition) is 2. The molecular formula is C18H19ClFN3O4S. The van der Waals surface area contributed by atoms with Crippen LogP contribution < -0.4 is 11.1 Å². The van der Waals surface area contributed by atoms with Crippen molar-refractivity contribution in [2.45, 2.75) is 23.5 Å². The van der Waals surface area contributed by atoms with Crippen LogP contribution in [0.15, 0.2) is 53.4 Å². The van der Waals surface area contributed by atoms with Crippen LogP contribution in [0.1, 0.15) is 12.8 Å². The number of anilines is 1. The van der Waals surface area contributed by atoms with E-state index in [1.807, 2.05) is 0 Å². The van der Waals surface area contributed by atoms with Gasteiger partial charge >= 0.3 is 6.09 Å². The van der Waals surface area contributed by atoms with Crippen LogP contribution in [0.3, 0.4) is 0 Å². The van der Waals surface area contributed by atoms with Crippen molar-refractivity contribution in [2.24, 2.45) is 5.73 Å². The fraction of sp³-hybridized carbons (Fsp3) is 0.278. The maximum Gasteiger partial charge on any atom is 0.413 e. The zero-order valence-corrected chi connectivity index (χ0v) is 16.3. The molecule has 1 aliphatic rings. The van der Waals surface area contributed by atoms with Gasteiger partial charge in [-0.1, -0.05) is 23.7 Å². The van der Waals surface area contributed by atoms with Gasteiger partial charge in [0.05, 0.1) is 5.02 Å². The maximum absolute atomic E-state index is 12.9. The Balaban J connectivity index is 1.61. The SMILES string of the molecule is NC1(OC(=O)Nc2ccc(F)cc2)CCN(S(=O)(=O)c2ccccc2Cl)CC1. The van der Waals surface area contributed by atoms with E-state index in [1.165, 1.54) is 40.7 Å². The second kappa shape index (κ2) is 8.04. The third kappa shape index (κ3) is 4.61. The number of nitrogens with one attached hydrogen (secondary N) is 1. The maximum atomic E-state index is 12.9. The molecule has 0 unspecified atom stereocenters. The van der Waals surface area contributed by atoms with Gasteiger partial charge in [-0.25, -0.2) is 17.6 Å². The van der Waals surface area contributed by atoms with Crippen molar-refractivity contribution in [1.29, 1.82) is 0 Å². The highest BCUT2D eigenvalue weighted by Crippen LogP contribution is 2.29. The second-order valence-corrected chi connectivity index (χ2v) is 8.73. The lowest BCUT2D eigenvalue weighted by Crippen LogP contribution is -2.54. The van der Waals surface area contributed by atoms with E-state index < -0.39 is 27.7 Å². The molecule has 1 amide bonds. The molecule has 3 rings (SSSR count). The van der Waals surface area contributed by atoms with E-state index in [9.17, 15) is 17.6 Å². The number of sulfonamides is 1. The number of nitrogens with zero attached hydrogens (tertiary/aromatic N) is 1. The average Bonchev–Trinajstić information content (AvgIpc) is 2.64. The number of hydrogen-bond acceptors (Lipinski definition) is 5. The first-order chi connectivity index (χ1) is 13.2. The number of halogens is 2. The van der Waals surface area contributed by atoms with E-state index in [2.05, 4.69) is 5.32 Å². The van der Waals surface area contributed by atoms with Crippen molar-refractivity contribution in [1.82, 2.24) is 4.31 Å². The molecule has 10 heteroatoms. The van der Waals surface area contributed by atoms with E-state index in [1.54, 1.807) is 12.1 Å². The summed E-state index contributed by atoms with van der Waals surface area (Å²) in [6, 6.07) is 11.4. The van der Waals surface area contributed by atoms with Gasteiger partial charge in [-0.2, -0.15) is 4.31 Å². The van der Waals surface area contributed by atoms with Gasteiger partial charge in [0.15, 0.2) is 5.72 Å². The number of rotatable bonds is 4. The molecule has 0 radical (unpaired) electrons. The minimum absolute atomic E-state index is 0.0242. The molecule has 0 aromatic heterocycles. The molecule has 0 saturated carbocycles. The first-order valence-electron chi connectivity index (χ1n) is 8.49. The van der Waals surface area contributed by atoms with E-state index in [0.717, 1.165) is 0 Å². The summed E-state index contributed by atoms with van der Waals surface area (Å²) >= 11 is 6.01. The largest absolute Gasteiger partial charge is 0.428 e. The van der Waals surface area contributed by atoms with Crippen LogP contribution in [-0.2, 0) is 14.8 Å². The lowest BCUT2D eigenvalue weighted by atomic mass is 10.0. The minimum atomic E-state index is -3.77.